The normalized spacial score (nSPS) is 14.3. The van der Waals surface area contributed by atoms with Crippen molar-refractivity contribution in [2.45, 2.75) is 0 Å². The molecule has 2 heterocycles. The number of hydrogen-bond acceptors (Lipinski definition) is 5. The molecule has 0 bridgehead atoms. The first-order valence-electron chi connectivity index (χ1n) is 5.90. The first kappa shape index (κ1) is 12.7. The van der Waals surface area contributed by atoms with E-state index in [1.54, 1.807) is 18.2 Å². The number of aromatic nitrogens is 1. The minimum atomic E-state index is -0.475. The van der Waals surface area contributed by atoms with E-state index in [1.165, 1.54) is 17.8 Å². The summed E-state index contributed by atoms with van der Waals surface area (Å²) < 4.78 is 0. The van der Waals surface area contributed by atoms with E-state index in [0.717, 1.165) is 5.75 Å². The number of hydrogen-bond donors (Lipinski definition) is 2. The van der Waals surface area contributed by atoms with E-state index in [2.05, 4.69) is 15.3 Å². The molecule has 1 aromatic carbocycles. The van der Waals surface area contributed by atoms with Crippen LogP contribution in [0.1, 0.15) is 10.5 Å². The van der Waals surface area contributed by atoms with E-state index in [0.29, 0.717) is 22.6 Å². The molecule has 3 rings (SSSR count). The van der Waals surface area contributed by atoms with Crippen LogP contribution in [0.4, 0.5) is 5.69 Å². The smallest absolute Gasteiger partial charge is 0.293 e. The number of fused-ring (bicyclic) bond motifs is 1. The van der Waals surface area contributed by atoms with Crippen molar-refractivity contribution < 1.29 is 9.72 Å². The van der Waals surface area contributed by atoms with Gasteiger partial charge in [0.25, 0.3) is 11.6 Å². The van der Waals surface area contributed by atoms with Gasteiger partial charge >= 0.3 is 0 Å². The fourth-order valence-electron chi connectivity index (χ4n) is 1.99. The van der Waals surface area contributed by atoms with Crippen LogP contribution in [-0.2, 0) is 0 Å². The fraction of sp³-hybridized carbons (Fsp3) is 0.167. The van der Waals surface area contributed by atoms with Gasteiger partial charge in [0.05, 0.1) is 11.5 Å². The average molecular weight is 290 g/mol. The van der Waals surface area contributed by atoms with Crippen LogP contribution in [0, 0.1) is 10.1 Å². The van der Waals surface area contributed by atoms with Gasteiger partial charge in [0.15, 0.2) is 5.17 Å². The third-order valence-electron chi connectivity index (χ3n) is 2.88. The standard InChI is InChI=1S/C12H10N4O3S/c17-11(15-12-13-4-5-20-12)8-6-7-2-1-3-9(16(18)19)10(7)14-8/h1-3,6,14H,4-5H2,(H,13,15,17). The third-order valence-corrected chi connectivity index (χ3v) is 3.77. The maximum atomic E-state index is 12.0. The molecule has 1 amide bonds. The number of non-ortho nitro benzene ring substituents is 1. The van der Waals surface area contributed by atoms with Crippen LogP contribution in [0.5, 0.6) is 0 Å². The van der Waals surface area contributed by atoms with Crippen LogP contribution in [0.3, 0.4) is 0 Å². The molecule has 2 aromatic rings. The summed E-state index contributed by atoms with van der Waals surface area (Å²) in [4.78, 5) is 29.4. The molecular weight excluding hydrogens is 280 g/mol. The lowest BCUT2D eigenvalue weighted by atomic mass is 10.2. The predicted octanol–water partition coefficient (Wildman–Crippen LogP) is 1.91. The predicted molar refractivity (Wildman–Crippen MR) is 77.2 cm³/mol. The zero-order valence-electron chi connectivity index (χ0n) is 10.3. The number of nitrogens with zero attached hydrogens (tertiary/aromatic N) is 2. The zero-order chi connectivity index (χ0) is 14.1. The van der Waals surface area contributed by atoms with Gasteiger partial charge in [-0.15, -0.1) is 0 Å². The van der Waals surface area contributed by atoms with Crippen LogP contribution < -0.4 is 5.32 Å². The lowest BCUT2D eigenvalue weighted by Gasteiger charge is -2.00. The Morgan fingerprint density at radius 1 is 1.50 bits per heavy atom. The fourth-order valence-corrected chi connectivity index (χ4v) is 2.71. The van der Waals surface area contributed by atoms with Gasteiger partial charge in [-0.25, -0.2) is 0 Å². The van der Waals surface area contributed by atoms with Crippen molar-refractivity contribution in [2.75, 3.05) is 12.3 Å². The molecule has 1 aliphatic heterocycles. The van der Waals surface area contributed by atoms with Gasteiger partial charge in [-0.05, 0) is 6.07 Å². The molecule has 1 aliphatic rings. The zero-order valence-corrected chi connectivity index (χ0v) is 11.1. The maximum absolute atomic E-state index is 12.0. The van der Waals surface area contributed by atoms with Crippen molar-refractivity contribution in [2.24, 2.45) is 4.99 Å². The second-order valence-corrected chi connectivity index (χ2v) is 5.25. The summed E-state index contributed by atoms with van der Waals surface area (Å²) >= 11 is 1.48. The van der Waals surface area contributed by atoms with Crippen molar-refractivity contribution in [3.63, 3.8) is 0 Å². The molecule has 0 saturated carbocycles. The second-order valence-electron chi connectivity index (χ2n) is 4.17. The Balaban J connectivity index is 1.94. The van der Waals surface area contributed by atoms with E-state index in [1.807, 2.05) is 0 Å². The summed E-state index contributed by atoms with van der Waals surface area (Å²) in [5.41, 5.74) is 0.585. The lowest BCUT2D eigenvalue weighted by molar-refractivity contribution is -0.383. The number of benzene rings is 1. The highest BCUT2D eigenvalue weighted by molar-refractivity contribution is 8.14. The monoisotopic (exact) mass is 290 g/mol. The number of nitrogens with one attached hydrogen (secondary N) is 2. The Hall–Kier alpha value is -2.35. The molecule has 20 heavy (non-hydrogen) atoms. The minimum absolute atomic E-state index is 0.0471. The quantitative estimate of drug-likeness (QED) is 0.651. The minimum Gasteiger partial charge on any atom is -0.345 e. The molecule has 2 N–H and O–H groups in total. The molecule has 1 aromatic heterocycles. The van der Waals surface area contributed by atoms with Gasteiger partial charge in [-0.1, -0.05) is 23.9 Å². The number of carbonyl (C=O) groups is 1. The Morgan fingerprint density at radius 3 is 3.05 bits per heavy atom. The number of nitro benzene ring substituents is 1. The van der Waals surface area contributed by atoms with Crippen molar-refractivity contribution in [1.29, 1.82) is 0 Å². The first-order chi connectivity index (χ1) is 9.65. The molecule has 7 nitrogen and oxygen atoms in total. The SMILES string of the molecule is O=C(NC1=NCCS1)c1cc2cccc([N+](=O)[O-])c2[nH]1. The highest BCUT2D eigenvalue weighted by Gasteiger charge is 2.18. The van der Waals surface area contributed by atoms with Crippen LogP contribution in [0.2, 0.25) is 0 Å². The summed E-state index contributed by atoms with van der Waals surface area (Å²) in [5.74, 6) is 0.511. The number of aliphatic imine (C=N–C) groups is 1. The van der Waals surface area contributed by atoms with Gasteiger partial charge in [-0.3, -0.25) is 19.9 Å². The van der Waals surface area contributed by atoms with E-state index in [-0.39, 0.29) is 17.3 Å². The van der Waals surface area contributed by atoms with Crippen LogP contribution >= 0.6 is 11.8 Å². The van der Waals surface area contributed by atoms with E-state index < -0.39 is 4.92 Å². The number of carbonyl (C=O) groups excluding carboxylic acids is 1. The van der Waals surface area contributed by atoms with Crippen molar-refractivity contribution in [3.8, 4) is 0 Å². The van der Waals surface area contributed by atoms with E-state index in [4.69, 9.17) is 0 Å². The van der Waals surface area contributed by atoms with E-state index in [9.17, 15) is 14.9 Å². The highest BCUT2D eigenvalue weighted by atomic mass is 32.2. The molecule has 0 aliphatic carbocycles. The molecule has 0 atom stereocenters. The Kier molecular flexibility index (Phi) is 3.15. The molecule has 0 radical (unpaired) electrons. The average Bonchev–Trinajstić information content (AvgIpc) is 3.05. The Labute approximate surface area is 117 Å². The number of rotatable bonds is 2. The number of para-hydroxylation sites is 1. The summed E-state index contributed by atoms with van der Waals surface area (Å²) in [6.07, 6.45) is 0. The van der Waals surface area contributed by atoms with Crippen LogP contribution in [-0.4, -0.2) is 33.3 Å². The van der Waals surface area contributed by atoms with Gasteiger partial charge < -0.3 is 10.3 Å². The summed E-state index contributed by atoms with van der Waals surface area (Å²) in [7, 11) is 0. The number of amidine groups is 1. The van der Waals surface area contributed by atoms with Gasteiger partial charge in [0.2, 0.25) is 0 Å². The first-order valence-corrected chi connectivity index (χ1v) is 6.88. The summed E-state index contributed by atoms with van der Waals surface area (Å²) in [6.45, 7) is 0.693. The molecule has 0 saturated heterocycles. The molecule has 0 fully saturated rings. The maximum Gasteiger partial charge on any atom is 0.293 e. The van der Waals surface area contributed by atoms with Gasteiger partial charge in [-0.2, -0.15) is 0 Å². The number of nitro groups is 1. The number of thioether (sulfide) groups is 1. The Morgan fingerprint density at radius 2 is 2.35 bits per heavy atom. The van der Waals surface area contributed by atoms with Gasteiger partial charge in [0, 0.05) is 17.2 Å². The topological polar surface area (TPSA) is 100 Å². The third kappa shape index (κ3) is 2.25. The van der Waals surface area contributed by atoms with E-state index >= 15 is 0 Å². The van der Waals surface area contributed by atoms with Crippen LogP contribution in [0.25, 0.3) is 10.9 Å². The largest absolute Gasteiger partial charge is 0.345 e. The second kappa shape index (κ2) is 4.97. The van der Waals surface area contributed by atoms with Crippen molar-refractivity contribution >= 4 is 39.4 Å². The molecular formula is C12H10N4O3S. The number of aromatic amines is 1. The molecule has 0 spiro atoms. The summed E-state index contributed by atoms with van der Waals surface area (Å²) in [5, 5.41) is 14.8. The van der Waals surface area contributed by atoms with Gasteiger partial charge in [0.1, 0.15) is 11.2 Å². The van der Waals surface area contributed by atoms with Crippen LogP contribution in [0.15, 0.2) is 29.3 Å². The lowest BCUT2D eigenvalue weighted by Crippen LogP contribution is -2.27. The number of H-pyrrole nitrogens is 1. The summed E-state index contributed by atoms with van der Waals surface area (Å²) in [6, 6.07) is 6.31. The van der Waals surface area contributed by atoms with Crippen molar-refractivity contribution in [3.05, 3.63) is 40.1 Å². The number of amides is 1. The molecule has 102 valence electrons. The Bertz CT molecular complexity index is 737. The molecule has 8 heteroatoms. The molecule has 0 unspecified atom stereocenters. The van der Waals surface area contributed by atoms with Crippen molar-refractivity contribution in [1.82, 2.24) is 10.3 Å². The highest BCUT2D eigenvalue weighted by Crippen LogP contribution is 2.25.